The topological polar surface area (TPSA) is 66.8 Å². The van der Waals surface area contributed by atoms with Crippen LogP contribution in [-0.2, 0) is 9.53 Å². The smallest absolute Gasteiger partial charge is 0.410 e. The number of hydrogen-bond acceptors (Lipinski definition) is 3. The third kappa shape index (κ3) is 3.09. The molecule has 0 bridgehead atoms. The van der Waals surface area contributed by atoms with E-state index in [1.165, 1.54) is 22.3 Å². The summed E-state index contributed by atoms with van der Waals surface area (Å²) >= 11 is 0. The van der Waals surface area contributed by atoms with Crippen molar-refractivity contribution in [3.8, 4) is 11.1 Å². The molecule has 1 saturated carbocycles. The van der Waals surface area contributed by atoms with Gasteiger partial charge in [-0.25, -0.2) is 4.79 Å². The lowest BCUT2D eigenvalue weighted by atomic mass is 9.79. The van der Waals surface area contributed by atoms with Crippen LogP contribution >= 0.6 is 0 Å². The second kappa shape index (κ2) is 7.21. The molecule has 2 fully saturated rings. The summed E-state index contributed by atoms with van der Waals surface area (Å²) in [5.74, 6) is -0.643. The van der Waals surface area contributed by atoms with E-state index in [0.717, 1.165) is 19.3 Å². The number of benzene rings is 2. The minimum Gasteiger partial charge on any atom is -0.481 e. The van der Waals surface area contributed by atoms with E-state index in [-0.39, 0.29) is 24.0 Å². The van der Waals surface area contributed by atoms with Crippen LogP contribution in [0.3, 0.4) is 0 Å². The number of aliphatic carboxylic acids is 1. The number of rotatable bonds is 3. The summed E-state index contributed by atoms with van der Waals surface area (Å²) in [6.45, 7) is 0.974. The van der Waals surface area contributed by atoms with Gasteiger partial charge in [-0.2, -0.15) is 0 Å². The highest BCUT2D eigenvalue weighted by Crippen LogP contribution is 2.45. The maximum Gasteiger partial charge on any atom is 0.410 e. The molecule has 1 N–H and O–H groups in total. The maximum absolute atomic E-state index is 12.9. The van der Waals surface area contributed by atoms with Gasteiger partial charge in [-0.1, -0.05) is 48.5 Å². The summed E-state index contributed by atoms with van der Waals surface area (Å²) < 4.78 is 5.81. The van der Waals surface area contributed by atoms with Gasteiger partial charge in [0.2, 0.25) is 0 Å². The molecule has 5 rings (SSSR count). The van der Waals surface area contributed by atoms with Crippen molar-refractivity contribution in [2.75, 3.05) is 13.2 Å². The monoisotopic (exact) mass is 391 g/mol. The van der Waals surface area contributed by atoms with Crippen LogP contribution in [-0.4, -0.2) is 41.3 Å². The third-order valence-electron chi connectivity index (χ3n) is 7.02. The SMILES string of the molecule is O=C(O)[C@@H]1CC[C@H]2CCN(C(=O)OCC3c4ccccc4-c4ccccc43)[C@H]2C1. The van der Waals surface area contributed by atoms with Crippen molar-refractivity contribution < 1.29 is 19.4 Å². The average Bonchev–Trinajstić information content (AvgIpc) is 3.31. The van der Waals surface area contributed by atoms with E-state index in [2.05, 4.69) is 24.3 Å². The molecule has 5 nitrogen and oxygen atoms in total. The minimum atomic E-state index is -0.747. The summed E-state index contributed by atoms with van der Waals surface area (Å²) in [5.41, 5.74) is 4.82. The van der Waals surface area contributed by atoms with Crippen LogP contribution in [0.2, 0.25) is 0 Å². The summed E-state index contributed by atoms with van der Waals surface area (Å²) in [7, 11) is 0. The van der Waals surface area contributed by atoms with Crippen LogP contribution < -0.4 is 0 Å². The number of carbonyl (C=O) groups excluding carboxylic acids is 1. The molecule has 1 heterocycles. The van der Waals surface area contributed by atoms with Gasteiger partial charge in [0.15, 0.2) is 0 Å². The Kier molecular flexibility index (Phi) is 4.53. The molecule has 2 aromatic rings. The van der Waals surface area contributed by atoms with Crippen LogP contribution in [0.5, 0.6) is 0 Å². The molecule has 3 atom stereocenters. The average molecular weight is 391 g/mol. The standard InChI is InChI=1S/C24H25NO4/c26-23(27)16-10-9-15-11-12-25(22(15)13-16)24(28)29-14-21-19-7-3-1-5-17(19)18-6-2-4-8-20(18)21/h1-8,15-16,21-22H,9-14H2,(H,26,27)/t15-,16+,22-/m0/s1. The molecular weight excluding hydrogens is 366 g/mol. The van der Waals surface area contributed by atoms with E-state index < -0.39 is 5.97 Å². The summed E-state index contributed by atoms with van der Waals surface area (Å²) in [4.78, 5) is 26.1. The van der Waals surface area contributed by atoms with E-state index in [0.29, 0.717) is 25.5 Å². The third-order valence-corrected chi connectivity index (χ3v) is 7.02. The fraction of sp³-hybridized carbons (Fsp3) is 0.417. The van der Waals surface area contributed by atoms with Crippen LogP contribution in [0, 0.1) is 11.8 Å². The van der Waals surface area contributed by atoms with E-state index in [4.69, 9.17) is 4.74 Å². The number of hydrogen-bond donors (Lipinski definition) is 1. The van der Waals surface area contributed by atoms with Crippen molar-refractivity contribution in [3.63, 3.8) is 0 Å². The zero-order valence-corrected chi connectivity index (χ0v) is 16.3. The van der Waals surface area contributed by atoms with Gasteiger partial charge >= 0.3 is 12.1 Å². The van der Waals surface area contributed by atoms with E-state index in [1.807, 2.05) is 24.3 Å². The first-order chi connectivity index (χ1) is 14.1. The highest BCUT2D eigenvalue weighted by atomic mass is 16.6. The number of amides is 1. The van der Waals surface area contributed by atoms with E-state index >= 15 is 0 Å². The van der Waals surface area contributed by atoms with E-state index in [1.54, 1.807) is 4.90 Å². The minimum absolute atomic E-state index is 0.000463. The van der Waals surface area contributed by atoms with Gasteiger partial charge in [0.25, 0.3) is 0 Å². The van der Waals surface area contributed by atoms with Crippen molar-refractivity contribution in [3.05, 3.63) is 59.7 Å². The number of fused-ring (bicyclic) bond motifs is 4. The number of nitrogens with zero attached hydrogens (tertiary/aromatic N) is 1. The molecule has 5 heteroatoms. The molecular formula is C24H25NO4. The molecule has 1 aliphatic heterocycles. The molecule has 1 amide bonds. The zero-order valence-electron chi connectivity index (χ0n) is 16.3. The predicted molar refractivity (Wildman–Crippen MR) is 109 cm³/mol. The Labute approximate surface area is 170 Å². The Balaban J connectivity index is 1.31. The number of carboxylic acids is 1. The van der Waals surface area contributed by atoms with Crippen molar-refractivity contribution in [1.29, 1.82) is 0 Å². The molecule has 2 aliphatic carbocycles. The molecule has 29 heavy (non-hydrogen) atoms. The zero-order chi connectivity index (χ0) is 20.0. The maximum atomic E-state index is 12.9. The van der Waals surface area contributed by atoms with Crippen LogP contribution in [0.1, 0.15) is 42.7 Å². The molecule has 150 valence electrons. The second-order valence-corrected chi connectivity index (χ2v) is 8.46. The van der Waals surface area contributed by atoms with E-state index in [9.17, 15) is 14.7 Å². The summed E-state index contributed by atoms with van der Waals surface area (Å²) in [6.07, 6.45) is 2.79. The van der Waals surface area contributed by atoms with Crippen molar-refractivity contribution in [2.45, 2.75) is 37.6 Å². The molecule has 2 aromatic carbocycles. The molecule has 1 saturated heterocycles. The van der Waals surface area contributed by atoms with Crippen molar-refractivity contribution in [1.82, 2.24) is 4.90 Å². The first-order valence-corrected chi connectivity index (χ1v) is 10.5. The van der Waals surface area contributed by atoms with Gasteiger partial charge in [-0.15, -0.1) is 0 Å². The lowest BCUT2D eigenvalue weighted by Gasteiger charge is -2.34. The lowest BCUT2D eigenvalue weighted by Crippen LogP contribution is -2.43. The summed E-state index contributed by atoms with van der Waals surface area (Å²) in [5, 5.41) is 9.38. The first-order valence-electron chi connectivity index (χ1n) is 10.5. The predicted octanol–water partition coefficient (Wildman–Crippen LogP) is 4.51. The molecule has 0 spiro atoms. The number of ether oxygens (including phenoxy) is 1. The highest BCUT2D eigenvalue weighted by molar-refractivity contribution is 5.79. The number of carboxylic acid groups (broad SMARTS) is 1. The molecule has 3 aliphatic rings. The van der Waals surface area contributed by atoms with Crippen molar-refractivity contribution >= 4 is 12.1 Å². The number of carbonyl (C=O) groups is 2. The van der Waals surface area contributed by atoms with Gasteiger partial charge in [0.1, 0.15) is 6.61 Å². The molecule has 0 radical (unpaired) electrons. The van der Waals surface area contributed by atoms with Crippen LogP contribution in [0.15, 0.2) is 48.5 Å². The van der Waals surface area contributed by atoms with Crippen LogP contribution in [0.25, 0.3) is 11.1 Å². The van der Waals surface area contributed by atoms with Gasteiger partial charge < -0.3 is 14.7 Å². The lowest BCUT2D eigenvalue weighted by molar-refractivity contribution is -0.143. The fourth-order valence-electron chi connectivity index (χ4n) is 5.53. The molecule has 0 unspecified atom stereocenters. The van der Waals surface area contributed by atoms with Gasteiger partial charge in [0, 0.05) is 18.5 Å². The Morgan fingerprint density at radius 1 is 0.966 bits per heavy atom. The van der Waals surface area contributed by atoms with Gasteiger partial charge in [0.05, 0.1) is 5.92 Å². The van der Waals surface area contributed by atoms with Crippen molar-refractivity contribution in [2.24, 2.45) is 11.8 Å². The van der Waals surface area contributed by atoms with Crippen LogP contribution in [0.4, 0.5) is 4.79 Å². The quantitative estimate of drug-likeness (QED) is 0.836. The Bertz CT molecular complexity index is 910. The Hall–Kier alpha value is -2.82. The normalized spacial score (nSPS) is 25.2. The Morgan fingerprint density at radius 3 is 2.28 bits per heavy atom. The largest absolute Gasteiger partial charge is 0.481 e. The highest BCUT2D eigenvalue weighted by Gasteiger charge is 2.43. The van der Waals surface area contributed by atoms with Gasteiger partial charge in [-0.05, 0) is 53.9 Å². The second-order valence-electron chi connectivity index (χ2n) is 8.46. The number of likely N-dealkylation sites (tertiary alicyclic amines) is 1. The first kappa shape index (κ1) is 18.2. The summed E-state index contributed by atoms with van der Waals surface area (Å²) in [6, 6.07) is 16.6. The fourth-order valence-corrected chi connectivity index (χ4v) is 5.53. The van der Waals surface area contributed by atoms with Gasteiger partial charge in [-0.3, -0.25) is 4.79 Å². The molecule has 0 aromatic heterocycles. The Morgan fingerprint density at radius 2 is 1.62 bits per heavy atom.